The van der Waals surface area contributed by atoms with Gasteiger partial charge in [-0.1, -0.05) is 41.5 Å². The van der Waals surface area contributed by atoms with Crippen LogP contribution in [0.2, 0.25) is 0 Å². The number of hydrogen-bond donors (Lipinski definition) is 0. The van der Waals surface area contributed by atoms with E-state index < -0.39 is 0 Å². The molecule has 4 aliphatic carbocycles. The SMILES string of the molecule is CC1(C)[C@@H]2CC[C@@]1(C)[C@@H](OC(=O)C[N+](C)(C)CC(=O)O[C@H]1C[C@@H]3CC[C@@]1(C)C3(C)C)C2. The Morgan fingerprint density at radius 3 is 1.35 bits per heavy atom. The van der Waals surface area contributed by atoms with Crippen LogP contribution in [0, 0.1) is 33.5 Å². The molecule has 176 valence electrons. The maximum absolute atomic E-state index is 12.8. The topological polar surface area (TPSA) is 52.6 Å². The summed E-state index contributed by atoms with van der Waals surface area (Å²) in [5.41, 5.74) is 0.564. The maximum Gasteiger partial charge on any atom is 0.362 e. The second-order valence-electron chi connectivity index (χ2n) is 13.4. The van der Waals surface area contributed by atoms with Crippen molar-refractivity contribution in [3.8, 4) is 0 Å². The van der Waals surface area contributed by atoms with Crippen molar-refractivity contribution >= 4 is 11.9 Å². The summed E-state index contributed by atoms with van der Waals surface area (Å²) < 4.78 is 12.3. The quantitative estimate of drug-likeness (QED) is 0.454. The summed E-state index contributed by atoms with van der Waals surface area (Å²) in [4.78, 5) is 25.6. The summed E-state index contributed by atoms with van der Waals surface area (Å²) in [7, 11) is 3.84. The number of esters is 2. The van der Waals surface area contributed by atoms with Crippen molar-refractivity contribution in [2.45, 2.75) is 92.3 Å². The normalized spacial score (nSPS) is 42.1. The number of carbonyl (C=O) groups excluding carboxylic acids is 2. The van der Waals surface area contributed by atoms with E-state index in [1.54, 1.807) is 0 Å². The molecule has 31 heavy (non-hydrogen) atoms. The Labute approximate surface area is 188 Å². The van der Waals surface area contributed by atoms with Crippen molar-refractivity contribution < 1.29 is 23.5 Å². The molecule has 5 nitrogen and oxygen atoms in total. The average Bonchev–Trinajstić information content (AvgIpc) is 3.12. The first-order valence-electron chi connectivity index (χ1n) is 12.3. The van der Waals surface area contributed by atoms with Crippen LogP contribution in [0.15, 0.2) is 0 Å². The fourth-order valence-electron chi connectivity index (χ4n) is 7.76. The van der Waals surface area contributed by atoms with E-state index >= 15 is 0 Å². The molecule has 6 atom stereocenters. The van der Waals surface area contributed by atoms with Gasteiger partial charge >= 0.3 is 11.9 Å². The van der Waals surface area contributed by atoms with Gasteiger partial charge in [0.15, 0.2) is 13.1 Å². The minimum absolute atomic E-state index is 0.00285. The summed E-state index contributed by atoms with van der Waals surface area (Å²) in [6, 6.07) is 0. The maximum atomic E-state index is 12.8. The lowest BCUT2D eigenvalue weighted by atomic mass is 9.70. The molecule has 0 heterocycles. The van der Waals surface area contributed by atoms with Crippen molar-refractivity contribution in [3.63, 3.8) is 0 Å². The van der Waals surface area contributed by atoms with Crippen LogP contribution in [0.5, 0.6) is 0 Å². The van der Waals surface area contributed by atoms with Crippen molar-refractivity contribution in [3.05, 3.63) is 0 Å². The molecule has 0 saturated heterocycles. The van der Waals surface area contributed by atoms with Gasteiger partial charge in [0, 0.05) is 10.8 Å². The molecule has 4 saturated carbocycles. The standard InChI is InChI=1S/C26H44NO4/c1-23(2)17-9-11-25(23,5)19(13-17)30-21(28)15-27(7,8)16-22(29)31-20-14-18-10-12-26(20,6)24(18,3)4/h17-20H,9-16H2,1-8H3/q+1/t17-,18+,19-,20-,25+,26-/m0/s1. The van der Waals surface area contributed by atoms with E-state index in [0.29, 0.717) is 11.8 Å². The second kappa shape index (κ2) is 6.95. The number of ether oxygens (including phenoxy) is 2. The van der Waals surface area contributed by atoms with E-state index in [4.69, 9.17) is 9.47 Å². The predicted octanol–water partition coefficient (Wildman–Crippen LogP) is 4.58. The van der Waals surface area contributed by atoms with Gasteiger partial charge in [-0.2, -0.15) is 0 Å². The molecule has 0 amide bonds. The summed E-state index contributed by atoms with van der Waals surface area (Å²) in [5.74, 6) is 0.890. The Hall–Kier alpha value is -1.10. The van der Waals surface area contributed by atoms with E-state index in [-0.39, 0.29) is 63.4 Å². The van der Waals surface area contributed by atoms with Gasteiger partial charge in [0.05, 0.1) is 14.1 Å². The van der Waals surface area contributed by atoms with Crippen LogP contribution in [0.25, 0.3) is 0 Å². The highest BCUT2D eigenvalue weighted by molar-refractivity contribution is 5.73. The molecule has 0 aromatic carbocycles. The first kappa shape index (κ1) is 23.1. The number of quaternary nitrogens is 1. The van der Waals surface area contributed by atoms with Gasteiger partial charge in [0.25, 0.3) is 0 Å². The lowest BCUT2D eigenvalue weighted by molar-refractivity contribution is -0.875. The highest BCUT2D eigenvalue weighted by atomic mass is 16.6. The fraction of sp³-hybridized carbons (Fsp3) is 0.923. The van der Waals surface area contributed by atoms with Crippen molar-refractivity contribution in [1.82, 2.24) is 0 Å². The largest absolute Gasteiger partial charge is 0.458 e. The van der Waals surface area contributed by atoms with Gasteiger partial charge in [-0.25, -0.2) is 9.59 Å². The Kier molecular flexibility index (Phi) is 5.17. The van der Waals surface area contributed by atoms with E-state index in [0.717, 1.165) is 25.7 Å². The van der Waals surface area contributed by atoms with Crippen molar-refractivity contribution in [1.29, 1.82) is 0 Å². The minimum Gasteiger partial charge on any atom is -0.458 e. The van der Waals surface area contributed by atoms with E-state index in [9.17, 15) is 9.59 Å². The molecule has 0 radical (unpaired) electrons. The zero-order chi connectivity index (χ0) is 23.0. The molecule has 4 aliphatic rings. The molecule has 0 aliphatic heterocycles. The summed E-state index contributed by atoms with van der Waals surface area (Å²) >= 11 is 0. The Balaban J connectivity index is 1.30. The monoisotopic (exact) mass is 434 g/mol. The molecular formula is C26H44NO4+. The lowest BCUT2D eigenvalue weighted by Crippen LogP contribution is -2.50. The number of fused-ring (bicyclic) bond motifs is 4. The van der Waals surface area contributed by atoms with Gasteiger partial charge in [0.2, 0.25) is 0 Å². The lowest BCUT2D eigenvalue weighted by Gasteiger charge is -2.39. The van der Waals surface area contributed by atoms with Crippen LogP contribution in [0.3, 0.4) is 0 Å². The van der Waals surface area contributed by atoms with Crippen LogP contribution in [0.1, 0.15) is 80.1 Å². The van der Waals surface area contributed by atoms with Crippen LogP contribution in [-0.4, -0.2) is 55.8 Å². The minimum atomic E-state index is -0.194. The molecule has 0 aromatic heterocycles. The highest BCUT2D eigenvalue weighted by Gasteiger charge is 2.64. The molecule has 0 unspecified atom stereocenters. The molecule has 4 fully saturated rings. The number of hydrogen-bond acceptors (Lipinski definition) is 4. The van der Waals surface area contributed by atoms with Crippen LogP contribution in [-0.2, 0) is 19.1 Å². The van der Waals surface area contributed by atoms with E-state index in [1.807, 2.05) is 14.1 Å². The van der Waals surface area contributed by atoms with Crippen molar-refractivity contribution in [2.75, 3.05) is 27.2 Å². The molecule has 4 bridgehead atoms. The summed E-state index contributed by atoms with van der Waals surface area (Å²) in [5, 5.41) is 0. The first-order chi connectivity index (χ1) is 14.1. The van der Waals surface area contributed by atoms with Gasteiger partial charge in [0.1, 0.15) is 12.2 Å². The molecule has 0 spiro atoms. The molecule has 4 rings (SSSR count). The third kappa shape index (κ3) is 3.36. The van der Waals surface area contributed by atoms with Crippen LogP contribution >= 0.6 is 0 Å². The molecule has 0 N–H and O–H groups in total. The zero-order valence-electron chi connectivity index (χ0n) is 21.0. The van der Waals surface area contributed by atoms with Crippen molar-refractivity contribution in [2.24, 2.45) is 33.5 Å². The van der Waals surface area contributed by atoms with E-state index in [1.165, 1.54) is 12.8 Å². The number of carbonyl (C=O) groups is 2. The Morgan fingerprint density at radius 2 is 1.10 bits per heavy atom. The third-order valence-corrected chi connectivity index (χ3v) is 11.1. The second-order valence-corrected chi connectivity index (χ2v) is 13.4. The summed E-state index contributed by atoms with van der Waals surface area (Å²) in [6.45, 7) is 14.3. The van der Waals surface area contributed by atoms with E-state index in [2.05, 4.69) is 41.5 Å². The predicted molar refractivity (Wildman–Crippen MR) is 120 cm³/mol. The average molecular weight is 435 g/mol. The first-order valence-corrected chi connectivity index (χ1v) is 12.3. The molecule has 0 aromatic rings. The number of rotatable bonds is 6. The van der Waals surface area contributed by atoms with Crippen LogP contribution < -0.4 is 0 Å². The Morgan fingerprint density at radius 1 is 0.742 bits per heavy atom. The fourth-order valence-corrected chi connectivity index (χ4v) is 7.76. The van der Waals surface area contributed by atoms with Gasteiger partial charge in [-0.15, -0.1) is 0 Å². The smallest absolute Gasteiger partial charge is 0.362 e. The Bertz CT molecular complexity index is 709. The van der Waals surface area contributed by atoms with Gasteiger partial charge < -0.3 is 14.0 Å². The molecule has 5 heteroatoms. The number of nitrogens with zero attached hydrogens (tertiary/aromatic N) is 1. The van der Waals surface area contributed by atoms with Gasteiger partial charge in [-0.05, 0) is 61.2 Å². The third-order valence-electron chi connectivity index (χ3n) is 11.1. The van der Waals surface area contributed by atoms with Gasteiger partial charge in [-0.3, -0.25) is 0 Å². The summed E-state index contributed by atoms with van der Waals surface area (Å²) in [6.07, 6.45) is 6.68. The van der Waals surface area contributed by atoms with Crippen LogP contribution in [0.4, 0.5) is 0 Å². The molecular weight excluding hydrogens is 390 g/mol. The number of likely N-dealkylation sites (N-methyl/N-ethyl adjacent to an activating group) is 1. The highest BCUT2D eigenvalue weighted by Crippen LogP contribution is 2.67. The zero-order valence-corrected chi connectivity index (χ0v) is 21.0.